The third kappa shape index (κ3) is 2.89. The Morgan fingerprint density at radius 1 is 1.19 bits per heavy atom. The van der Waals surface area contributed by atoms with Gasteiger partial charge < -0.3 is 11.1 Å². The normalized spacial score (nSPS) is 11.0. The van der Waals surface area contributed by atoms with E-state index in [0.29, 0.717) is 6.54 Å². The molecule has 0 radical (unpaired) electrons. The fraction of sp³-hybridized carbons (Fsp3) is 0.250. The molecule has 0 saturated carbocycles. The Morgan fingerprint density at radius 3 is 2.76 bits per heavy atom. The van der Waals surface area contributed by atoms with Crippen LogP contribution < -0.4 is 11.1 Å². The van der Waals surface area contributed by atoms with E-state index in [1.54, 1.807) is 11.3 Å². The topological polar surface area (TPSA) is 63.8 Å². The third-order valence-corrected chi connectivity index (χ3v) is 4.18. The molecule has 0 aliphatic heterocycles. The van der Waals surface area contributed by atoms with Crippen LogP contribution in [0.15, 0.2) is 35.7 Å². The van der Waals surface area contributed by atoms with Crippen LogP contribution in [-0.2, 0) is 0 Å². The lowest BCUT2D eigenvalue weighted by Gasteiger charge is -2.09. The van der Waals surface area contributed by atoms with Crippen molar-refractivity contribution >= 4 is 27.4 Å². The van der Waals surface area contributed by atoms with E-state index in [2.05, 4.69) is 44.9 Å². The lowest BCUT2D eigenvalue weighted by Crippen LogP contribution is -2.10. The first-order chi connectivity index (χ1) is 10.3. The fourth-order valence-corrected chi connectivity index (χ4v) is 3.31. The highest BCUT2D eigenvalue weighted by Crippen LogP contribution is 2.36. The quantitative estimate of drug-likeness (QED) is 0.708. The van der Waals surface area contributed by atoms with E-state index in [0.717, 1.165) is 34.8 Å². The van der Waals surface area contributed by atoms with E-state index in [1.807, 2.05) is 13.0 Å². The fourth-order valence-electron chi connectivity index (χ4n) is 2.32. The van der Waals surface area contributed by atoms with E-state index < -0.39 is 0 Å². The second-order valence-corrected chi connectivity index (χ2v) is 5.74. The van der Waals surface area contributed by atoms with Gasteiger partial charge in [-0.2, -0.15) is 0 Å². The van der Waals surface area contributed by atoms with Gasteiger partial charge in [0, 0.05) is 17.5 Å². The number of nitrogens with two attached hydrogens (primary N) is 1. The molecule has 1 aromatic carbocycles. The first-order valence-corrected chi connectivity index (χ1v) is 7.93. The third-order valence-electron chi connectivity index (χ3n) is 3.30. The molecule has 0 spiro atoms. The minimum absolute atomic E-state index is 0.676. The second kappa shape index (κ2) is 6.20. The van der Waals surface area contributed by atoms with Gasteiger partial charge in [0.05, 0.1) is 5.39 Å². The van der Waals surface area contributed by atoms with Gasteiger partial charge in [-0.3, -0.25) is 0 Å². The highest BCUT2D eigenvalue weighted by Gasteiger charge is 2.13. The number of aromatic nitrogens is 2. The number of rotatable bonds is 5. The van der Waals surface area contributed by atoms with Crippen molar-refractivity contribution < 1.29 is 0 Å². The summed E-state index contributed by atoms with van der Waals surface area (Å²) in [7, 11) is 0. The number of thiophene rings is 1. The Labute approximate surface area is 128 Å². The molecule has 0 amide bonds. The van der Waals surface area contributed by atoms with Gasteiger partial charge in [-0.25, -0.2) is 9.97 Å². The highest BCUT2D eigenvalue weighted by atomic mass is 32.1. The van der Waals surface area contributed by atoms with Crippen LogP contribution in [0.2, 0.25) is 0 Å². The number of nitrogens with one attached hydrogen (secondary N) is 1. The summed E-state index contributed by atoms with van der Waals surface area (Å²) in [6, 6.07) is 10.4. The Balaban J connectivity index is 2.10. The second-order valence-electron chi connectivity index (χ2n) is 4.88. The van der Waals surface area contributed by atoms with Crippen LogP contribution in [0.5, 0.6) is 0 Å². The standard InChI is InChI=1S/C16H18N4S/c1-11-19-15(18-9-5-8-17)14-13(10-21-16(14)20-11)12-6-3-2-4-7-12/h2-4,6-7,10H,5,8-9,17H2,1H3,(H,18,19,20). The molecule has 3 rings (SSSR count). The molecular weight excluding hydrogens is 280 g/mol. The zero-order valence-corrected chi connectivity index (χ0v) is 12.8. The largest absolute Gasteiger partial charge is 0.369 e. The van der Waals surface area contributed by atoms with Gasteiger partial charge in [0.15, 0.2) is 0 Å². The molecule has 0 atom stereocenters. The summed E-state index contributed by atoms with van der Waals surface area (Å²) in [5.74, 6) is 1.70. The highest BCUT2D eigenvalue weighted by molar-refractivity contribution is 7.17. The van der Waals surface area contributed by atoms with E-state index in [4.69, 9.17) is 5.73 Å². The molecule has 0 saturated heterocycles. The van der Waals surface area contributed by atoms with Gasteiger partial charge in [0.25, 0.3) is 0 Å². The van der Waals surface area contributed by atoms with Crippen molar-refractivity contribution in [3.63, 3.8) is 0 Å². The Kier molecular flexibility index (Phi) is 4.13. The number of nitrogens with zero attached hydrogens (tertiary/aromatic N) is 2. The van der Waals surface area contributed by atoms with Crippen LogP contribution in [0, 0.1) is 6.92 Å². The van der Waals surface area contributed by atoms with Gasteiger partial charge in [-0.1, -0.05) is 30.3 Å². The van der Waals surface area contributed by atoms with E-state index >= 15 is 0 Å². The summed E-state index contributed by atoms with van der Waals surface area (Å²) in [4.78, 5) is 10.2. The SMILES string of the molecule is Cc1nc(NCCCN)c2c(-c3ccccc3)csc2n1. The average molecular weight is 298 g/mol. The monoisotopic (exact) mass is 298 g/mol. The van der Waals surface area contributed by atoms with Crippen molar-refractivity contribution in [2.24, 2.45) is 5.73 Å². The Hall–Kier alpha value is -1.98. The summed E-state index contributed by atoms with van der Waals surface area (Å²) in [6.07, 6.45) is 0.926. The van der Waals surface area contributed by atoms with Crippen molar-refractivity contribution in [2.75, 3.05) is 18.4 Å². The molecule has 0 unspecified atom stereocenters. The molecule has 0 aliphatic rings. The first-order valence-electron chi connectivity index (χ1n) is 7.05. The molecule has 108 valence electrons. The van der Waals surface area contributed by atoms with E-state index in [-0.39, 0.29) is 0 Å². The van der Waals surface area contributed by atoms with Crippen molar-refractivity contribution in [3.05, 3.63) is 41.5 Å². The summed E-state index contributed by atoms with van der Waals surface area (Å²) in [5, 5.41) is 6.66. The Morgan fingerprint density at radius 2 is 2.00 bits per heavy atom. The Bertz CT molecular complexity index is 737. The molecule has 4 nitrogen and oxygen atoms in total. The van der Waals surface area contributed by atoms with Crippen molar-refractivity contribution in [3.8, 4) is 11.1 Å². The molecular formula is C16H18N4S. The predicted molar refractivity (Wildman–Crippen MR) is 89.7 cm³/mol. The predicted octanol–water partition coefficient (Wildman–Crippen LogP) is 3.43. The molecule has 3 aromatic rings. The van der Waals surface area contributed by atoms with Crippen LogP contribution in [0.1, 0.15) is 12.2 Å². The van der Waals surface area contributed by atoms with Crippen molar-refractivity contribution in [2.45, 2.75) is 13.3 Å². The number of fused-ring (bicyclic) bond motifs is 1. The summed E-state index contributed by atoms with van der Waals surface area (Å²) in [5.41, 5.74) is 7.94. The number of anilines is 1. The molecule has 2 heterocycles. The minimum atomic E-state index is 0.676. The zero-order chi connectivity index (χ0) is 14.7. The number of aryl methyl sites for hydroxylation is 1. The lowest BCUT2D eigenvalue weighted by molar-refractivity contribution is 0.869. The van der Waals surface area contributed by atoms with Gasteiger partial charge in [-0.05, 0) is 25.5 Å². The van der Waals surface area contributed by atoms with Gasteiger partial charge in [0.1, 0.15) is 16.5 Å². The molecule has 0 bridgehead atoms. The smallest absolute Gasteiger partial charge is 0.139 e. The van der Waals surface area contributed by atoms with Crippen LogP contribution in [0.25, 0.3) is 21.3 Å². The van der Waals surface area contributed by atoms with E-state index in [9.17, 15) is 0 Å². The first kappa shape index (κ1) is 14.0. The molecule has 21 heavy (non-hydrogen) atoms. The average Bonchev–Trinajstić information content (AvgIpc) is 2.92. The lowest BCUT2D eigenvalue weighted by atomic mass is 10.1. The zero-order valence-electron chi connectivity index (χ0n) is 12.0. The van der Waals surface area contributed by atoms with Crippen molar-refractivity contribution in [1.82, 2.24) is 9.97 Å². The minimum Gasteiger partial charge on any atom is -0.369 e. The molecule has 0 aliphatic carbocycles. The summed E-state index contributed by atoms with van der Waals surface area (Å²) < 4.78 is 0. The van der Waals surface area contributed by atoms with Gasteiger partial charge in [-0.15, -0.1) is 11.3 Å². The molecule has 2 aromatic heterocycles. The number of hydrogen-bond donors (Lipinski definition) is 2. The maximum atomic E-state index is 5.57. The molecule has 0 fully saturated rings. The number of benzene rings is 1. The van der Waals surface area contributed by atoms with Gasteiger partial charge >= 0.3 is 0 Å². The molecule has 5 heteroatoms. The van der Waals surface area contributed by atoms with Crippen LogP contribution in [-0.4, -0.2) is 23.1 Å². The number of hydrogen-bond acceptors (Lipinski definition) is 5. The maximum absolute atomic E-state index is 5.57. The van der Waals surface area contributed by atoms with E-state index in [1.165, 1.54) is 11.1 Å². The summed E-state index contributed by atoms with van der Waals surface area (Å²) in [6.45, 7) is 3.43. The van der Waals surface area contributed by atoms with Crippen LogP contribution in [0.4, 0.5) is 5.82 Å². The van der Waals surface area contributed by atoms with Crippen LogP contribution in [0.3, 0.4) is 0 Å². The van der Waals surface area contributed by atoms with Gasteiger partial charge in [0.2, 0.25) is 0 Å². The van der Waals surface area contributed by atoms with Crippen LogP contribution >= 0.6 is 11.3 Å². The molecule has 3 N–H and O–H groups in total. The van der Waals surface area contributed by atoms with Crippen molar-refractivity contribution in [1.29, 1.82) is 0 Å². The maximum Gasteiger partial charge on any atom is 0.139 e. The summed E-state index contributed by atoms with van der Waals surface area (Å²) >= 11 is 1.66.